The second kappa shape index (κ2) is 5.50. The van der Waals surface area contributed by atoms with Crippen molar-refractivity contribution in [1.29, 1.82) is 0 Å². The molecule has 1 unspecified atom stereocenters. The summed E-state index contributed by atoms with van der Waals surface area (Å²) in [5.74, 6) is 0.0380. The summed E-state index contributed by atoms with van der Waals surface area (Å²) in [6, 6.07) is 6.26. The summed E-state index contributed by atoms with van der Waals surface area (Å²) in [4.78, 5) is 14.0. The molecular weight excluding hydrogens is 226 g/mol. The van der Waals surface area contributed by atoms with E-state index < -0.39 is 0 Å². The number of rotatable bonds is 3. The molecule has 1 atom stereocenters. The van der Waals surface area contributed by atoms with E-state index in [4.69, 9.17) is 5.73 Å². The van der Waals surface area contributed by atoms with Gasteiger partial charge in [0.25, 0.3) is 0 Å². The highest BCUT2D eigenvalue weighted by molar-refractivity contribution is 5.93. The van der Waals surface area contributed by atoms with E-state index in [1.807, 2.05) is 26.0 Å². The highest BCUT2D eigenvalue weighted by atomic mass is 16.2. The SMILES string of the molecule is Cc1ccc(NC(=O)CN2CCC(N)C2)c(C)c1. The molecule has 18 heavy (non-hydrogen) atoms. The minimum Gasteiger partial charge on any atom is -0.326 e. The standard InChI is InChI=1S/C14H21N3O/c1-10-3-4-13(11(2)7-10)16-14(18)9-17-6-5-12(15)8-17/h3-4,7,12H,5-6,8-9,15H2,1-2H3,(H,16,18). The molecule has 1 aliphatic rings. The van der Waals surface area contributed by atoms with Crippen molar-refractivity contribution in [3.63, 3.8) is 0 Å². The zero-order chi connectivity index (χ0) is 13.1. The summed E-state index contributed by atoms with van der Waals surface area (Å²) in [5, 5.41) is 2.96. The van der Waals surface area contributed by atoms with Gasteiger partial charge < -0.3 is 11.1 Å². The third-order valence-electron chi connectivity index (χ3n) is 3.33. The first-order valence-electron chi connectivity index (χ1n) is 6.39. The third kappa shape index (κ3) is 3.31. The van der Waals surface area contributed by atoms with Gasteiger partial charge in [-0.05, 0) is 31.9 Å². The topological polar surface area (TPSA) is 58.4 Å². The summed E-state index contributed by atoms with van der Waals surface area (Å²) in [7, 11) is 0. The van der Waals surface area contributed by atoms with Crippen LogP contribution in [0.5, 0.6) is 0 Å². The van der Waals surface area contributed by atoms with Crippen molar-refractivity contribution in [2.24, 2.45) is 5.73 Å². The molecule has 1 amide bonds. The number of likely N-dealkylation sites (tertiary alicyclic amines) is 1. The molecule has 98 valence electrons. The fourth-order valence-electron chi connectivity index (χ4n) is 2.35. The molecule has 1 saturated heterocycles. The maximum Gasteiger partial charge on any atom is 0.238 e. The van der Waals surface area contributed by atoms with E-state index in [0.717, 1.165) is 30.8 Å². The first-order chi connectivity index (χ1) is 8.54. The van der Waals surface area contributed by atoms with Gasteiger partial charge in [0.05, 0.1) is 6.54 Å². The van der Waals surface area contributed by atoms with Gasteiger partial charge in [-0.3, -0.25) is 9.69 Å². The molecule has 0 bridgehead atoms. The van der Waals surface area contributed by atoms with Crippen LogP contribution in [0.25, 0.3) is 0 Å². The van der Waals surface area contributed by atoms with Crippen LogP contribution in [0.4, 0.5) is 5.69 Å². The molecule has 1 fully saturated rings. The highest BCUT2D eigenvalue weighted by Crippen LogP contribution is 2.16. The molecule has 2 rings (SSSR count). The van der Waals surface area contributed by atoms with Gasteiger partial charge in [-0.25, -0.2) is 0 Å². The van der Waals surface area contributed by atoms with Gasteiger partial charge in [-0.15, -0.1) is 0 Å². The lowest BCUT2D eigenvalue weighted by Crippen LogP contribution is -2.33. The Labute approximate surface area is 108 Å². The Morgan fingerprint density at radius 2 is 2.28 bits per heavy atom. The Bertz CT molecular complexity index is 445. The number of nitrogens with zero attached hydrogens (tertiary/aromatic N) is 1. The van der Waals surface area contributed by atoms with E-state index in [-0.39, 0.29) is 11.9 Å². The average molecular weight is 247 g/mol. The lowest BCUT2D eigenvalue weighted by Gasteiger charge is -2.15. The van der Waals surface area contributed by atoms with Crippen molar-refractivity contribution >= 4 is 11.6 Å². The molecular formula is C14H21N3O. The quantitative estimate of drug-likeness (QED) is 0.846. The Morgan fingerprint density at radius 1 is 1.50 bits per heavy atom. The lowest BCUT2D eigenvalue weighted by molar-refractivity contribution is -0.117. The summed E-state index contributed by atoms with van der Waals surface area (Å²) < 4.78 is 0. The van der Waals surface area contributed by atoms with Crippen molar-refractivity contribution in [2.45, 2.75) is 26.3 Å². The van der Waals surface area contributed by atoms with Crippen LogP contribution in [0.2, 0.25) is 0 Å². The number of hydrogen-bond acceptors (Lipinski definition) is 3. The van der Waals surface area contributed by atoms with E-state index in [0.29, 0.717) is 6.54 Å². The number of aryl methyl sites for hydroxylation is 2. The number of benzene rings is 1. The summed E-state index contributed by atoms with van der Waals surface area (Å²) in [6.07, 6.45) is 0.983. The number of anilines is 1. The summed E-state index contributed by atoms with van der Waals surface area (Å²) in [6.45, 7) is 6.22. The minimum atomic E-state index is 0.0380. The predicted octanol–water partition coefficient (Wildman–Crippen LogP) is 1.27. The molecule has 0 radical (unpaired) electrons. The largest absolute Gasteiger partial charge is 0.326 e. The van der Waals surface area contributed by atoms with Crippen molar-refractivity contribution in [3.05, 3.63) is 29.3 Å². The van der Waals surface area contributed by atoms with Gasteiger partial charge in [0.2, 0.25) is 5.91 Å². The monoisotopic (exact) mass is 247 g/mol. The first kappa shape index (κ1) is 13.1. The highest BCUT2D eigenvalue weighted by Gasteiger charge is 2.21. The fourth-order valence-corrected chi connectivity index (χ4v) is 2.35. The van der Waals surface area contributed by atoms with Crippen molar-refractivity contribution in [3.8, 4) is 0 Å². The lowest BCUT2D eigenvalue weighted by atomic mass is 10.1. The number of nitrogens with one attached hydrogen (secondary N) is 1. The van der Waals surface area contributed by atoms with Crippen LogP contribution in [-0.4, -0.2) is 36.5 Å². The maximum atomic E-state index is 11.9. The predicted molar refractivity (Wildman–Crippen MR) is 73.6 cm³/mol. The minimum absolute atomic E-state index is 0.0380. The maximum absolute atomic E-state index is 11.9. The number of carbonyl (C=O) groups excluding carboxylic acids is 1. The first-order valence-corrected chi connectivity index (χ1v) is 6.39. The van der Waals surface area contributed by atoms with Crippen LogP contribution in [-0.2, 0) is 4.79 Å². The number of nitrogens with two attached hydrogens (primary N) is 1. The summed E-state index contributed by atoms with van der Waals surface area (Å²) >= 11 is 0. The van der Waals surface area contributed by atoms with E-state index in [1.165, 1.54) is 5.56 Å². The fraction of sp³-hybridized carbons (Fsp3) is 0.500. The van der Waals surface area contributed by atoms with Gasteiger partial charge in [0.15, 0.2) is 0 Å². The van der Waals surface area contributed by atoms with Gasteiger partial charge in [-0.1, -0.05) is 17.7 Å². The van der Waals surface area contributed by atoms with E-state index in [1.54, 1.807) is 0 Å². The molecule has 1 aromatic carbocycles. The number of carbonyl (C=O) groups is 1. The molecule has 4 heteroatoms. The van der Waals surface area contributed by atoms with Gasteiger partial charge in [0.1, 0.15) is 0 Å². The number of hydrogen-bond donors (Lipinski definition) is 2. The Hall–Kier alpha value is -1.39. The van der Waals surface area contributed by atoms with Crippen molar-refractivity contribution in [2.75, 3.05) is 25.0 Å². The van der Waals surface area contributed by atoms with Gasteiger partial charge >= 0.3 is 0 Å². The zero-order valence-electron chi connectivity index (χ0n) is 11.1. The molecule has 0 saturated carbocycles. The van der Waals surface area contributed by atoms with Crippen LogP contribution in [0.1, 0.15) is 17.5 Å². The second-order valence-electron chi connectivity index (χ2n) is 5.15. The summed E-state index contributed by atoms with van der Waals surface area (Å²) in [5.41, 5.74) is 9.02. The van der Waals surface area contributed by atoms with Crippen molar-refractivity contribution < 1.29 is 4.79 Å². The smallest absolute Gasteiger partial charge is 0.238 e. The van der Waals surface area contributed by atoms with Crippen LogP contribution in [0, 0.1) is 13.8 Å². The van der Waals surface area contributed by atoms with Crippen LogP contribution in [0.3, 0.4) is 0 Å². The van der Waals surface area contributed by atoms with E-state index >= 15 is 0 Å². The number of amides is 1. The average Bonchev–Trinajstić information content (AvgIpc) is 2.68. The Morgan fingerprint density at radius 3 is 2.89 bits per heavy atom. The zero-order valence-corrected chi connectivity index (χ0v) is 11.1. The third-order valence-corrected chi connectivity index (χ3v) is 3.33. The molecule has 1 aliphatic heterocycles. The normalized spacial score (nSPS) is 20.1. The van der Waals surface area contributed by atoms with Crippen LogP contribution < -0.4 is 11.1 Å². The molecule has 1 aromatic rings. The van der Waals surface area contributed by atoms with Crippen molar-refractivity contribution in [1.82, 2.24) is 4.90 Å². The second-order valence-corrected chi connectivity index (χ2v) is 5.15. The van der Waals surface area contributed by atoms with Crippen LogP contribution >= 0.6 is 0 Å². The van der Waals surface area contributed by atoms with Gasteiger partial charge in [0, 0.05) is 24.8 Å². The molecule has 1 heterocycles. The molecule has 4 nitrogen and oxygen atoms in total. The van der Waals surface area contributed by atoms with E-state index in [2.05, 4.69) is 16.3 Å². The Kier molecular flexibility index (Phi) is 3.99. The molecule has 0 aliphatic carbocycles. The van der Waals surface area contributed by atoms with Gasteiger partial charge in [-0.2, -0.15) is 0 Å². The van der Waals surface area contributed by atoms with E-state index in [9.17, 15) is 4.79 Å². The molecule has 0 spiro atoms. The molecule has 3 N–H and O–H groups in total. The molecule has 0 aromatic heterocycles. The Balaban J connectivity index is 1.91. The van der Waals surface area contributed by atoms with Crippen LogP contribution in [0.15, 0.2) is 18.2 Å².